The minimum atomic E-state index is -0.566. The van der Waals surface area contributed by atoms with Gasteiger partial charge in [0, 0.05) is 12.1 Å². The van der Waals surface area contributed by atoms with Crippen LogP contribution in [0.5, 0.6) is 0 Å². The molecule has 3 rings (SSSR count). The maximum atomic E-state index is 13.6. The first kappa shape index (κ1) is 17.8. The van der Waals surface area contributed by atoms with Gasteiger partial charge in [-0.05, 0) is 41.8 Å². The second-order valence-corrected chi connectivity index (χ2v) is 6.32. The molecule has 26 heavy (non-hydrogen) atoms. The molecular formula is C20H15ClFN3O. The fraction of sp³-hybridized carbons (Fsp3) is 0.150. The van der Waals surface area contributed by atoms with Gasteiger partial charge in [0.1, 0.15) is 11.9 Å². The van der Waals surface area contributed by atoms with Crippen molar-refractivity contribution < 1.29 is 9.18 Å². The van der Waals surface area contributed by atoms with E-state index in [0.717, 1.165) is 5.56 Å². The van der Waals surface area contributed by atoms with Crippen molar-refractivity contribution in [2.75, 3.05) is 11.4 Å². The van der Waals surface area contributed by atoms with Gasteiger partial charge in [0.05, 0.1) is 28.4 Å². The number of nitriles is 1. The predicted octanol–water partition coefficient (Wildman–Crippen LogP) is 4.04. The average Bonchev–Trinajstić information content (AvgIpc) is 3.08. The highest BCUT2D eigenvalue weighted by Gasteiger charge is 2.29. The van der Waals surface area contributed by atoms with Gasteiger partial charge in [0.25, 0.3) is 0 Å². The smallest absolute Gasteiger partial charge is 0.231 e. The standard InChI is InChI=1S/C20H15ClFN3O/c1-2-17(24)14-8-13-6-7-25(20(13)15(9-14)11-23)18(26)10-12-4-3-5-16(22)19(12)21/h2-5,8-9,24H,1,6-7,10H2. The zero-order valence-electron chi connectivity index (χ0n) is 13.9. The first-order chi connectivity index (χ1) is 12.5. The van der Waals surface area contributed by atoms with E-state index in [9.17, 15) is 14.4 Å². The van der Waals surface area contributed by atoms with Crippen LogP contribution in [0.3, 0.4) is 0 Å². The van der Waals surface area contributed by atoms with E-state index < -0.39 is 5.82 Å². The number of nitrogens with zero attached hydrogens (tertiary/aromatic N) is 2. The number of amides is 1. The highest BCUT2D eigenvalue weighted by molar-refractivity contribution is 6.31. The normalized spacial score (nSPS) is 12.4. The third-order valence-electron chi connectivity index (χ3n) is 4.37. The van der Waals surface area contributed by atoms with Gasteiger partial charge >= 0.3 is 0 Å². The molecule has 0 atom stereocenters. The maximum Gasteiger partial charge on any atom is 0.231 e. The van der Waals surface area contributed by atoms with Crippen LogP contribution in [-0.2, 0) is 17.6 Å². The van der Waals surface area contributed by atoms with E-state index in [2.05, 4.69) is 12.6 Å². The molecule has 1 heterocycles. The summed E-state index contributed by atoms with van der Waals surface area (Å²) in [4.78, 5) is 14.3. The summed E-state index contributed by atoms with van der Waals surface area (Å²) in [6.45, 7) is 4.01. The van der Waals surface area contributed by atoms with Crippen LogP contribution in [0.1, 0.15) is 22.3 Å². The van der Waals surface area contributed by atoms with Crippen LogP contribution in [0.15, 0.2) is 43.0 Å². The van der Waals surface area contributed by atoms with Gasteiger partial charge in [-0.3, -0.25) is 4.79 Å². The first-order valence-electron chi connectivity index (χ1n) is 7.98. The Bertz CT molecular complexity index is 978. The van der Waals surface area contributed by atoms with Crippen molar-refractivity contribution in [3.05, 3.63) is 76.1 Å². The number of anilines is 1. The molecule has 6 heteroatoms. The zero-order chi connectivity index (χ0) is 18.8. The monoisotopic (exact) mass is 367 g/mol. The molecule has 0 bridgehead atoms. The van der Waals surface area contributed by atoms with Crippen molar-refractivity contribution in [1.29, 1.82) is 10.7 Å². The molecule has 1 aliphatic rings. The lowest BCUT2D eigenvalue weighted by atomic mass is 10.00. The van der Waals surface area contributed by atoms with Crippen LogP contribution in [-0.4, -0.2) is 18.2 Å². The van der Waals surface area contributed by atoms with E-state index in [-0.39, 0.29) is 23.1 Å². The maximum absolute atomic E-state index is 13.6. The van der Waals surface area contributed by atoms with Gasteiger partial charge in [-0.2, -0.15) is 5.26 Å². The number of hydrogen-bond donors (Lipinski definition) is 1. The molecule has 0 aliphatic carbocycles. The van der Waals surface area contributed by atoms with Crippen LogP contribution in [0.2, 0.25) is 5.02 Å². The number of allylic oxidation sites excluding steroid dienone is 1. The third-order valence-corrected chi connectivity index (χ3v) is 4.80. The SMILES string of the molecule is C=CC(=N)c1cc(C#N)c2c(c1)CCN2C(=O)Cc1cccc(F)c1Cl. The molecule has 1 amide bonds. The number of fused-ring (bicyclic) bond motifs is 1. The quantitative estimate of drug-likeness (QED) is 0.829. The van der Waals surface area contributed by atoms with Gasteiger partial charge in [0.2, 0.25) is 5.91 Å². The van der Waals surface area contributed by atoms with Gasteiger partial charge < -0.3 is 10.3 Å². The topological polar surface area (TPSA) is 68.0 Å². The van der Waals surface area contributed by atoms with Crippen molar-refractivity contribution in [2.24, 2.45) is 0 Å². The molecule has 4 nitrogen and oxygen atoms in total. The Labute approximate surface area is 155 Å². The summed E-state index contributed by atoms with van der Waals surface area (Å²) < 4.78 is 13.6. The summed E-state index contributed by atoms with van der Waals surface area (Å²) in [6, 6.07) is 9.86. The first-order valence-corrected chi connectivity index (χ1v) is 8.35. The molecule has 1 aliphatic heterocycles. The van der Waals surface area contributed by atoms with Crippen LogP contribution < -0.4 is 4.90 Å². The molecule has 0 spiro atoms. The minimum absolute atomic E-state index is 0.0505. The lowest BCUT2D eigenvalue weighted by Gasteiger charge is -2.19. The van der Waals surface area contributed by atoms with Crippen LogP contribution in [0.4, 0.5) is 10.1 Å². The van der Waals surface area contributed by atoms with Crippen LogP contribution in [0.25, 0.3) is 0 Å². The second-order valence-electron chi connectivity index (χ2n) is 5.95. The van der Waals surface area contributed by atoms with Gasteiger partial charge in [-0.1, -0.05) is 30.3 Å². The zero-order valence-corrected chi connectivity index (χ0v) is 14.6. The summed E-state index contributed by atoms with van der Waals surface area (Å²) in [5.74, 6) is -0.816. The highest BCUT2D eigenvalue weighted by Crippen LogP contribution is 2.34. The number of rotatable bonds is 4. The summed E-state index contributed by atoms with van der Waals surface area (Å²) >= 11 is 5.94. The number of nitrogens with one attached hydrogen (secondary N) is 1. The van der Waals surface area contributed by atoms with Crippen molar-refractivity contribution in [3.63, 3.8) is 0 Å². The van der Waals surface area contributed by atoms with Crippen molar-refractivity contribution in [1.82, 2.24) is 0 Å². The molecule has 1 N–H and O–H groups in total. The molecule has 0 aromatic heterocycles. The van der Waals surface area contributed by atoms with E-state index in [1.807, 2.05) is 6.07 Å². The van der Waals surface area contributed by atoms with E-state index in [1.54, 1.807) is 12.1 Å². The Hall–Kier alpha value is -2.97. The molecule has 0 radical (unpaired) electrons. The Morgan fingerprint density at radius 2 is 2.23 bits per heavy atom. The number of carbonyl (C=O) groups excluding carboxylic acids is 1. The number of halogens is 2. The molecule has 0 fully saturated rings. The molecule has 2 aromatic rings. The largest absolute Gasteiger partial charge is 0.310 e. The van der Waals surface area contributed by atoms with E-state index >= 15 is 0 Å². The number of hydrogen-bond acceptors (Lipinski definition) is 3. The van der Waals surface area contributed by atoms with Crippen molar-refractivity contribution >= 4 is 28.9 Å². The van der Waals surface area contributed by atoms with Crippen LogP contribution >= 0.6 is 11.6 Å². The van der Waals surface area contributed by atoms with Gasteiger partial charge in [-0.15, -0.1) is 0 Å². The Balaban J connectivity index is 1.95. The fourth-order valence-electron chi connectivity index (χ4n) is 3.10. The number of carbonyl (C=O) groups is 1. The van der Waals surface area contributed by atoms with Gasteiger partial charge in [0.15, 0.2) is 0 Å². The lowest BCUT2D eigenvalue weighted by Crippen LogP contribution is -2.31. The highest BCUT2D eigenvalue weighted by atomic mass is 35.5. The van der Waals surface area contributed by atoms with E-state index in [4.69, 9.17) is 17.0 Å². The fourth-order valence-corrected chi connectivity index (χ4v) is 3.29. The Morgan fingerprint density at radius 3 is 2.92 bits per heavy atom. The molecule has 0 unspecified atom stereocenters. The number of benzene rings is 2. The van der Waals surface area contributed by atoms with Crippen molar-refractivity contribution in [3.8, 4) is 6.07 Å². The van der Waals surface area contributed by atoms with Gasteiger partial charge in [-0.25, -0.2) is 4.39 Å². The summed E-state index contributed by atoms with van der Waals surface area (Å²) in [5, 5.41) is 17.3. The third kappa shape index (κ3) is 3.12. The van der Waals surface area contributed by atoms with E-state index in [1.165, 1.54) is 23.1 Å². The average molecular weight is 368 g/mol. The summed E-state index contributed by atoms with van der Waals surface area (Å²) in [5.41, 5.74) is 2.96. The molecule has 2 aromatic carbocycles. The Kier molecular flexibility index (Phi) is 4.88. The predicted molar refractivity (Wildman–Crippen MR) is 99.4 cm³/mol. The molecule has 130 valence electrons. The molecular weight excluding hydrogens is 353 g/mol. The summed E-state index contributed by atoms with van der Waals surface area (Å²) in [6.07, 6.45) is 1.95. The van der Waals surface area contributed by atoms with Crippen molar-refractivity contribution in [2.45, 2.75) is 12.8 Å². The summed E-state index contributed by atoms with van der Waals surface area (Å²) in [7, 11) is 0. The second kappa shape index (κ2) is 7.11. The molecule has 0 saturated carbocycles. The molecule has 0 saturated heterocycles. The van der Waals surface area contributed by atoms with Crippen LogP contribution in [0, 0.1) is 22.6 Å². The van der Waals surface area contributed by atoms with E-state index in [0.29, 0.717) is 35.3 Å². The lowest BCUT2D eigenvalue weighted by molar-refractivity contribution is -0.117. The minimum Gasteiger partial charge on any atom is -0.310 e. The Morgan fingerprint density at radius 1 is 1.46 bits per heavy atom.